The van der Waals surface area contributed by atoms with Crippen LogP contribution >= 0.6 is 11.8 Å². The molecular weight excluding hydrogens is 310 g/mol. The second-order valence-corrected chi connectivity index (χ2v) is 7.00. The van der Waals surface area contributed by atoms with Crippen LogP contribution in [0.3, 0.4) is 0 Å². The van der Waals surface area contributed by atoms with Crippen LogP contribution in [0.2, 0.25) is 0 Å². The van der Waals surface area contributed by atoms with Crippen molar-refractivity contribution in [1.82, 2.24) is 4.57 Å². The van der Waals surface area contributed by atoms with Gasteiger partial charge in [-0.1, -0.05) is 78.5 Å². The van der Waals surface area contributed by atoms with Crippen molar-refractivity contribution in [3.8, 4) is 0 Å². The summed E-state index contributed by atoms with van der Waals surface area (Å²) in [6, 6.07) is 30.0. The smallest absolute Gasteiger partial charge is 0.0497 e. The predicted octanol–water partition coefficient (Wildman–Crippen LogP) is 6.15. The van der Waals surface area contributed by atoms with Crippen LogP contribution in [0, 0.1) is 6.92 Å². The molecule has 0 aliphatic heterocycles. The first-order valence-electron chi connectivity index (χ1n) is 8.17. The summed E-state index contributed by atoms with van der Waals surface area (Å²) in [7, 11) is 0. The van der Waals surface area contributed by atoms with Gasteiger partial charge in [0, 0.05) is 32.9 Å². The van der Waals surface area contributed by atoms with Crippen LogP contribution in [0.5, 0.6) is 0 Å². The lowest BCUT2D eigenvalue weighted by Crippen LogP contribution is -2.01. The third-order valence-corrected chi connectivity index (χ3v) is 5.55. The van der Waals surface area contributed by atoms with E-state index < -0.39 is 0 Å². The standard InChI is InChI=1S/C22H19NS/c1-17-22(24-19-12-6-3-7-13-19)20-14-8-9-15-21(20)23(17)16-18-10-4-2-5-11-18/h2-15H,16H2,1H3. The SMILES string of the molecule is Cc1c(Sc2ccccc2)c2ccccc2n1Cc1ccccc1. The summed E-state index contributed by atoms with van der Waals surface area (Å²) in [5.74, 6) is 0. The zero-order valence-electron chi connectivity index (χ0n) is 13.6. The fourth-order valence-electron chi connectivity index (χ4n) is 3.10. The second-order valence-electron chi connectivity index (χ2n) is 5.92. The molecule has 0 N–H and O–H groups in total. The Labute approximate surface area is 146 Å². The molecular formula is C22H19NS. The van der Waals surface area contributed by atoms with Gasteiger partial charge in [0.2, 0.25) is 0 Å². The van der Waals surface area contributed by atoms with E-state index in [-0.39, 0.29) is 0 Å². The Bertz CT molecular complexity index is 877. The van der Waals surface area contributed by atoms with Crippen LogP contribution in [0.15, 0.2) is 94.7 Å². The van der Waals surface area contributed by atoms with Crippen LogP contribution in [0.4, 0.5) is 0 Å². The molecule has 0 saturated heterocycles. The first kappa shape index (κ1) is 15.1. The molecule has 3 aromatic carbocycles. The topological polar surface area (TPSA) is 4.93 Å². The molecule has 0 amide bonds. The number of para-hydroxylation sites is 1. The van der Waals surface area contributed by atoms with Crippen LogP contribution in [-0.4, -0.2) is 4.57 Å². The lowest BCUT2D eigenvalue weighted by Gasteiger charge is -2.09. The Morgan fingerprint density at radius 2 is 1.38 bits per heavy atom. The molecule has 0 fully saturated rings. The molecule has 1 nitrogen and oxygen atoms in total. The molecule has 0 aliphatic rings. The largest absolute Gasteiger partial charge is 0.339 e. The molecule has 2 heteroatoms. The van der Waals surface area contributed by atoms with E-state index in [4.69, 9.17) is 0 Å². The van der Waals surface area contributed by atoms with Gasteiger partial charge in [0.15, 0.2) is 0 Å². The predicted molar refractivity (Wildman–Crippen MR) is 103 cm³/mol. The van der Waals surface area contributed by atoms with Crippen LogP contribution < -0.4 is 0 Å². The quantitative estimate of drug-likeness (QED) is 0.435. The second kappa shape index (κ2) is 6.58. The number of nitrogens with zero attached hydrogens (tertiary/aromatic N) is 1. The van der Waals surface area contributed by atoms with Gasteiger partial charge in [0.1, 0.15) is 0 Å². The summed E-state index contributed by atoms with van der Waals surface area (Å²) < 4.78 is 2.43. The summed E-state index contributed by atoms with van der Waals surface area (Å²) in [4.78, 5) is 2.64. The van der Waals surface area contributed by atoms with Gasteiger partial charge < -0.3 is 4.57 Å². The monoisotopic (exact) mass is 329 g/mol. The highest BCUT2D eigenvalue weighted by molar-refractivity contribution is 7.99. The minimum Gasteiger partial charge on any atom is -0.339 e. The Morgan fingerprint density at radius 3 is 2.12 bits per heavy atom. The molecule has 0 aliphatic carbocycles. The van der Waals surface area contributed by atoms with E-state index in [1.807, 2.05) is 11.8 Å². The van der Waals surface area contributed by atoms with Crippen molar-refractivity contribution in [3.05, 3.63) is 96.2 Å². The van der Waals surface area contributed by atoms with E-state index in [0.717, 1.165) is 6.54 Å². The Balaban J connectivity index is 1.81. The summed E-state index contributed by atoms with van der Waals surface area (Å²) in [5.41, 5.74) is 3.96. The van der Waals surface area contributed by atoms with Gasteiger partial charge in [-0.3, -0.25) is 0 Å². The normalized spacial score (nSPS) is 11.0. The van der Waals surface area contributed by atoms with Gasteiger partial charge >= 0.3 is 0 Å². The molecule has 1 heterocycles. The average Bonchev–Trinajstić information content (AvgIpc) is 2.90. The zero-order valence-corrected chi connectivity index (χ0v) is 14.5. The summed E-state index contributed by atoms with van der Waals surface area (Å²) >= 11 is 1.85. The molecule has 4 rings (SSSR count). The lowest BCUT2D eigenvalue weighted by atomic mass is 10.2. The summed E-state index contributed by atoms with van der Waals surface area (Å²) in [6.45, 7) is 3.14. The Hall–Kier alpha value is -2.45. The third-order valence-electron chi connectivity index (χ3n) is 4.32. The maximum atomic E-state index is 2.43. The summed E-state index contributed by atoms with van der Waals surface area (Å²) in [6.07, 6.45) is 0. The van der Waals surface area contributed by atoms with Gasteiger partial charge in [-0.15, -0.1) is 0 Å². The first-order chi connectivity index (χ1) is 11.8. The van der Waals surface area contributed by atoms with Gasteiger partial charge in [-0.05, 0) is 30.7 Å². The minimum absolute atomic E-state index is 0.905. The summed E-state index contributed by atoms with van der Waals surface area (Å²) in [5, 5.41) is 1.33. The van der Waals surface area contributed by atoms with Gasteiger partial charge in [0.25, 0.3) is 0 Å². The zero-order chi connectivity index (χ0) is 16.4. The van der Waals surface area contributed by atoms with Crippen molar-refractivity contribution in [2.24, 2.45) is 0 Å². The fourth-order valence-corrected chi connectivity index (χ4v) is 4.17. The van der Waals surface area contributed by atoms with Crippen LogP contribution in [-0.2, 0) is 6.54 Å². The molecule has 0 atom stereocenters. The van der Waals surface area contributed by atoms with E-state index in [9.17, 15) is 0 Å². The molecule has 1 aromatic heterocycles. The highest BCUT2D eigenvalue weighted by Crippen LogP contribution is 2.38. The van der Waals surface area contributed by atoms with E-state index >= 15 is 0 Å². The van der Waals surface area contributed by atoms with Crippen LogP contribution in [0.1, 0.15) is 11.3 Å². The van der Waals surface area contributed by atoms with Gasteiger partial charge in [0.05, 0.1) is 0 Å². The van der Waals surface area contributed by atoms with E-state index in [0.29, 0.717) is 0 Å². The molecule has 0 saturated carbocycles. The molecule has 0 spiro atoms. The van der Waals surface area contributed by atoms with Crippen LogP contribution in [0.25, 0.3) is 10.9 Å². The van der Waals surface area contributed by atoms with Crippen molar-refractivity contribution < 1.29 is 0 Å². The molecule has 0 radical (unpaired) electrons. The third kappa shape index (κ3) is 2.85. The van der Waals surface area contributed by atoms with E-state index in [2.05, 4.69) is 96.4 Å². The number of rotatable bonds is 4. The Kier molecular flexibility index (Phi) is 4.14. The van der Waals surface area contributed by atoms with Crippen molar-refractivity contribution in [2.75, 3.05) is 0 Å². The first-order valence-corrected chi connectivity index (χ1v) is 8.99. The van der Waals surface area contributed by atoms with E-state index in [1.165, 1.54) is 32.0 Å². The molecule has 24 heavy (non-hydrogen) atoms. The number of aromatic nitrogens is 1. The number of hydrogen-bond acceptors (Lipinski definition) is 1. The van der Waals surface area contributed by atoms with Crippen molar-refractivity contribution >= 4 is 22.7 Å². The molecule has 4 aromatic rings. The van der Waals surface area contributed by atoms with Crippen molar-refractivity contribution in [3.63, 3.8) is 0 Å². The maximum Gasteiger partial charge on any atom is 0.0497 e. The fraction of sp³-hybridized carbons (Fsp3) is 0.0909. The number of hydrogen-bond donors (Lipinski definition) is 0. The number of benzene rings is 3. The molecule has 0 unspecified atom stereocenters. The average molecular weight is 329 g/mol. The minimum atomic E-state index is 0.905. The van der Waals surface area contributed by atoms with Crippen molar-refractivity contribution in [1.29, 1.82) is 0 Å². The van der Waals surface area contributed by atoms with Crippen molar-refractivity contribution in [2.45, 2.75) is 23.3 Å². The molecule has 118 valence electrons. The van der Waals surface area contributed by atoms with Gasteiger partial charge in [-0.25, -0.2) is 0 Å². The number of fused-ring (bicyclic) bond motifs is 1. The van der Waals surface area contributed by atoms with E-state index in [1.54, 1.807) is 0 Å². The Morgan fingerprint density at radius 1 is 0.750 bits per heavy atom. The van der Waals surface area contributed by atoms with Gasteiger partial charge in [-0.2, -0.15) is 0 Å². The highest BCUT2D eigenvalue weighted by Gasteiger charge is 2.14. The maximum absolute atomic E-state index is 2.43. The lowest BCUT2D eigenvalue weighted by molar-refractivity contribution is 0.794. The molecule has 0 bridgehead atoms. The highest BCUT2D eigenvalue weighted by atomic mass is 32.2.